The molecule has 0 aliphatic carbocycles. The predicted molar refractivity (Wildman–Crippen MR) is 232 cm³/mol. The Kier molecular flexibility index (Phi) is 12.7. The van der Waals surface area contributed by atoms with Crippen LogP contribution in [0.2, 0.25) is 0 Å². The van der Waals surface area contributed by atoms with Crippen molar-refractivity contribution in [2.75, 3.05) is 43.4 Å². The Morgan fingerprint density at radius 3 is 1.43 bits per heavy atom. The molecule has 2 aromatic heterocycles. The fourth-order valence-corrected chi connectivity index (χ4v) is 6.68. The molecule has 0 atom stereocenters. The number of rotatable bonds is 4. The van der Waals surface area contributed by atoms with Crippen molar-refractivity contribution in [2.24, 2.45) is 0 Å². The van der Waals surface area contributed by atoms with Crippen molar-refractivity contribution < 1.29 is 38.1 Å². The molecule has 2 fully saturated rings. The largest absolute Gasteiger partial charge is 0.444 e. The Labute approximate surface area is 357 Å². The van der Waals surface area contributed by atoms with Gasteiger partial charge in [0.1, 0.15) is 34.5 Å². The lowest BCUT2D eigenvalue weighted by Gasteiger charge is -2.45. The number of carbonyl (C=O) groups is 4. The lowest BCUT2D eigenvalue weighted by Crippen LogP contribution is -2.61. The van der Waals surface area contributed by atoms with E-state index < -0.39 is 34.6 Å². The van der Waals surface area contributed by atoms with Crippen LogP contribution >= 0.6 is 0 Å². The first kappa shape index (κ1) is 45.7. The second kappa shape index (κ2) is 16.9. The summed E-state index contributed by atoms with van der Waals surface area (Å²) in [6.07, 6.45) is 1.52. The van der Waals surface area contributed by atoms with Crippen LogP contribution in [0.4, 0.5) is 30.6 Å². The van der Waals surface area contributed by atoms with E-state index in [2.05, 4.69) is 22.4 Å². The Morgan fingerprint density at radius 2 is 0.984 bits per heavy atom. The molecule has 326 valence electrons. The molecule has 2 amide bonds. The van der Waals surface area contributed by atoms with Gasteiger partial charge in [-0.05, 0) is 119 Å². The smallest absolute Gasteiger partial charge is 0.419 e. The number of ether oxygens (including phenoxy) is 4. The summed E-state index contributed by atoms with van der Waals surface area (Å²) < 4.78 is 24.5. The quantitative estimate of drug-likeness (QED) is 0.193. The number of likely N-dealkylation sites (N-methyl/N-ethyl adjacent to an activating group) is 1. The summed E-state index contributed by atoms with van der Waals surface area (Å²) >= 11 is 0. The molecule has 1 N–H and O–H groups in total. The van der Waals surface area contributed by atoms with E-state index in [1.165, 1.54) is 9.13 Å². The molecule has 2 aromatic carbocycles. The SMILES string of the molecule is CC(C)(C)OC(=O)N1CC(Nc2ccc(C#N)c3c2ccn3C(=O)OC(C)(C)C)C1.CN(c1ccc(C#N)c2c1ccn2C(=O)OC(C)(C)C)C1CN(C(=O)OC(C)(C)C)C1. The van der Waals surface area contributed by atoms with Gasteiger partial charge in [-0.1, -0.05) is 0 Å². The molecule has 0 unspecified atom stereocenters. The molecule has 61 heavy (non-hydrogen) atoms. The highest BCUT2D eigenvalue weighted by Crippen LogP contribution is 2.34. The lowest BCUT2D eigenvalue weighted by molar-refractivity contribution is 0.00816. The molecule has 16 nitrogen and oxygen atoms in total. The van der Waals surface area contributed by atoms with Gasteiger partial charge in [-0.3, -0.25) is 9.13 Å². The third-order valence-corrected chi connectivity index (χ3v) is 9.43. The van der Waals surface area contributed by atoms with Crippen molar-refractivity contribution in [1.82, 2.24) is 18.9 Å². The zero-order chi connectivity index (χ0) is 45.4. The van der Waals surface area contributed by atoms with E-state index in [-0.39, 0.29) is 24.3 Å². The van der Waals surface area contributed by atoms with Gasteiger partial charge in [0.05, 0.1) is 34.2 Å². The zero-order valence-corrected chi connectivity index (χ0v) is 37.5. The average Bonchev–Trinajstić information content (AvgIpc) is 3.72. The van der Waals surface area contributed by atoms with Crippen molar-refractivity contribution in [1.29, 1.82) is 10.5 Å². The molecule has 0 spiro atoms. The van der Waals surface area contributed by atoms with Gasteiger partial charge < -0.3 is 39.0 Å². The lowest BCUT2D eigenvalue weighted by atomic mass is 10.0. The van der Waals surface area contributed by atoms with Crippen molar-refractivity contribution >= 4 is 57.6 Å². The molecule has 0 radical (unpaired) electrons. The summed E-state index contributed by atoms with van der Waals surface area (Å²) in [7, 11) is 1.95. The Morgan fingerprint density at radius 1 is 0.590 bits per heavy atom. The van der Waals surface area contributed by atoms with Gasteiger partial charge in [-0.15, -0.1) is 0 Å². The molecular weight excluding hydrogens is 781 g/mol. The minimum atomic E-state index is -0.647. The Bertz CT molecular complexity index is 2400. The number of fused-ring (bicyclic) bond motifs is 2. The van der Waals surface area contributed by atoms with Crippen LogP contribution in [-0.2, 0) is 18.9 Å². The Hall–Kier alpha value is -6.42. The number of nitrogens with one attached hydrogen (secondary N) is 1. The second-order valence-corrected chi connectivity index (χ2v) is 19.2. The highest BCUT2D eigenvalue weighted by atomic mass is 16.6. The summed E-state index contributed by atoms with van der Waals surface area (Å²) in [5.41, 5.74) is 1.12. The van der Waals surface area contributed by atoms with Crippen LogP contribution in [0.1, 0.15) is 94.2 Å². The van der Waals surface area contributed by atoms with Crippen LogP contribution < -0.4 is 10.2 Å². The molecule has 2 aliphatic heterocycles. The number of nitrogens with zero attached hydrogens (tertiary/aromatic N) is 7. The summed E-state index contributed by atoms with van der Waals surface area (Å²) in [5.74, 6) is 0. The molecule has 2 aliphatic rings. The number of hydrogen-bond donors (Lipinski definition) is 1. The number of likely N-dealkylation sites (tertiary alicyclic amines) is 2. The molecule has 6 rings (SSSR count). The van der Waals surface area contributed by atoms with Crippen molar-refractivity contribution in [3.05, 3.63) is 59.9 Å². The van der Waals surface area contributed by atoms with E-state index in [0.29, 0.717) is 48.3 Å². The van der Waals surface area contributed by atoms with Crippen LogP contribution in [0.25, 0.3) is 21.8 Å². The van der Waals surface area contributed by atoms with E-state index in [9.17, 15) is 29.7 Å². The van der Waals surface area contributed by atoms with Gasteiger partial charge in [0.15, 0.2) is 0 Å². The molecule has 4 heterocycles. The van der Waals surface area contributed by atoms with E-state index in [0.717, 1.165) is 22.1 Å². The number of amides is 2. The predicted octanol–water partition coefficient (Wildman–Crippen LogP) is 8.68. The van der Waals surface area contributed by atoms with Crippen molar-refractivity contribution in [3.63, 3.8) is 0 Å². The van der Waals surface area contributed by atoms with Gasteiger partial charge in [-0.2, -0.15) is 10.5 Å². The number of carbonyl (C=O) groups excluding carboxylic acids is 4. The molecule has 2 saturated heterocycles. The van der Waals surface area contributed by atoms with E-state index >= 15 is 0 Å². The van der Waals surface area contributed by atoms with E-state index in [1.807, 2.05) is 66.8 Å². The minimum Gasteiger partial charge on any atom is -0.444 e. The normalized spacial score (nSPS) is 14.7. The summed E-state index contributed by atoms with van der Waals surface area (Å²) in [4.78, 5) is 55.0. The maximum absolute atomic E-state index is 12.7. The second-order valence-electron chi connectivity index (χ2n) is 19.2. The van der Waals surface area contributed by atoms with Gasteiger partial charge in [-0.25, -0.2) is 19.2 Å². The highest BCUT2D eigenvalue weighted by molar-refractivity contribution is 6.01. The van der Waals surface area contributed by atoms with Crippen LogP contribution in [0.15, 0.2) is 48.8 Å². The fourth-order valence-electron chi connectivity index (χ4n) is 6.68. The van der Waals surface area contributed by atoms with Crippen molar-refractivity contribution in [3.8, 4) is 12.1 Å². The van der Waals surface area contributed by atoms with Gasteiger partial charge in [0.25, 0.3) is 0 Å². The number of anilines is 2. The summed E-state index contributed by atoms with van der Waals surface area (Å²) in [6.45, 7) is 23.9. The summed E-state index contributed by atoms with van der Waals surface area (Å²) in [6, 6.07) is 15.1. The van der Waals surface area contributed by atoms with E-state index in [4.69, 9.17) is 18.9 Å². The fraction of sp³-hybridized carbons (Fsp3) is 0.511. The molecule has 0 bridgehead atoms. The third-order valence-electron chi connectivity index (χ3n) is 9.43. The summed E-state index contributed by atoms with van der Waals surface area (Å²) in [5, 5.41) is 24.0. The van der Waals surface area contributed by atoms with Gasteiger partial charge >= 0.3 is 24.4 Å². The standard InChI is InChI=1S/C23H30N4O4.C22H28N4O4/c1-22(2,3)30-20(28)26-13-16(14-26)25(7)18-9-8-15(12-24)19-17(18)10-11-27(19)21(29)31-23(4,5)6;1-21(2,3)29-19(27)25-12-15(13-25)24-17-8-7-14(11-23)18-16(17)9-10-26(18)20(28)30-22(4,5)6/h8-11,16H,13-14H2,1-7H3;7-10,15,24H,12-13H2,1-6H3. The number of aromatic nitrogens is 2. The topological polar surface area (TPSA) is 184 Å². The van der Waals surface area contributed by atoms with Crippen LogP contribution in [0.3, 0.4) is 0 Å². The Balaban J connectivity index is 0.000000231. The first-order chi connectivity index (χ1) is 28.2. The maximum atomic E-state index is 12.7. The zero-order valence-electron chi connectivity index (χ0n) is 37.5. The monoisotopic (exact) mass is 838 g/mol. The molecule has 4 aromatic rings. The van der Waals surface area contributed by atoms with E-state index in [1.54, 1.807) is 81.9 Å². The van der Waals surface area contributed by atoms with Crippen LogP contribution in [0.5, 0.6) is 0 Å². The van der Waals surface area contributed by atoms with Crippen LogP contribution in [0, 0.1) is 22.7 Å². The highest BCUT2D eigenvalue weighted by Gasteiger charge is 2.37. The number of benzene rings is 2. The molecule has 16 heteroatoms. The first-order valence-electron chi connectivity index (χ1n) is 20.2. The van der Waals surface area contributed by atoms with Crippen LogP contribution in [-0.4, -0.2) is 111 Å². The third kappa shape index (κ3) is 11.0. The molecule has 0 saturated carbocycles. The number of hydrogen-bond acceptors (Lipinski definition) is 12. The van der Waals surface area contributed by atoms with Crippen molar-refractivity contribution in [2.45, 2.75) is 118 Å². The maximum Gasteiger partial charge on any atom is 0.419 e. The minimum absolute atomic E-state index is 0.0542. The average molecular weight is 839 g/mol. The van der Waals surface area contributed by atoms with Gasteiger partial charge in [0.2, 0.25) is 0 Å². The number of nitriles is 2. The van der Waals surface area contributed by atoms with Gasteiger partial charge in [0, 0.05) is 67.8 Å². The first-order valence-corrected chi connectivity index (χ1v) is 20.2. The molecular formula is C45H58N8O8.